The maximum Gasteiger partial charge on any atom is 0.416 e. The van der Waals surface area contributed by atoms with E-state index in [1.807, 2.05) is 24.3 Å². The number of carbonyl (C=O) groups is 1. The molecule has 1 N–H and O–H groups in total. The third kappa shape index (κ3) is 3.25. The zero-order valence-electron chi connectivity index (χ0n) is 17.9. The van der Waals surface area contributed by atoms with E-state index < -0.39 is 18.0 Å². The predicted molar refractivity (Wildman–Crippen MR) is 119 cm³/mol. The van der Waals surface area contributed by atoms with Crippen LogP contribution in [0.3, 0.4) is 0 Å². The lowest BCUT2D eigenvalue weighted by molar-refractivity contribution is 0.178. The first kappa shape index (κ1) is 20.0. The lowest BCUT2D eigenvalue weighted by Gasteiger charge is -2.20. The molecule has 0 radical (unpaired) electrons. The molecule has 1 fully saturated rings. The topological polar surface area (TPSA) is 114 Å². The summed E-state index contributed by atoms with van der Waals surface area (Å²) in [5.74, 6) is 0.664. The van der Waals surface area contributed by atoms with Crippen molar-refractivity contribution >= 4 is 17.6 Å². The second-order valence-corrected chi connectivity index (χ2v) is 7.84. The van der Waals surface area contributed by atoms with E-state index in [4.69, 9.17) is 9.72 Å². The van der Waals surface area contributed by atoms with Gasteiger partial charge in [-0.15, -0.1) is 0 Å². The number of ether oxygens (including phenoxy) is 1. The molecule has 1 unspecified atom stereocenters. The maximum absolute atomic E-state index is 13.7. The second kappa shape index (κ2) is 7.73. The molecule has 1 atom stereocenters. The van der Waals surface area contributed by atoms with Gasteiger partial charge >= 0.3 is 6.09 Å². The summed E-state index contributed by atoms with van der Waals surface area (Å²) in [5.41, 5.74) is 4.15. The van der Waals surface area contributed by atoms with E-state index >= 15 is 0 Å². The molecule has 4 aromatic heterocycles. The minimum atomic E-state index is -0.539. The summed E-state index contributed by atoms with van der Waals surface area (Å²) in [6, 6.07) is 10.5. The number of amides is 1. The summed E-state index contributed by atoms with van der Waals surface area (Å²) < 4.78 is 20.7. The molecular weight excluding hydrogens is 439 g/mol. The summed E-state index contributed by atoms with van der Waals surface area (Å²) in [5, 5.41) is 11.1. The van der Waals surface area contributed by atoms with Crippen molar-refractivity contribution in [2.75, 3.05) is 11.5 Å². The number of hydrogen-bond donors (Lipinski definition) is 1. The zero-order valence-corrected chi connectivity index (χ0v) is 17.9. The van der Waals surface area contributed by atoms with E-state index in [2.05, 4.69) is 25.3 Å². The van der Waals surface area contributed by atoms with Gasteiger partial charge in [-0.3, -0.25) is 10.1 Å². The Labute approximate surface area is 192 Å². The lowest BCUT2D eigenvalue weighted by Crippen LogP contribution is -2.29. The van der Waals surface area contributed by atoms with E-state index in [0.29, 0.717) is 28.5 Å². The molecule has 1 saturated heterocycles. The van der Waals surface area contributed by atoms with Gasteiger partial charge in [0.2, 0.25) is 0 Å². The van der Waals surface area contributed by atoms with Gasteiger partial charge in [0.1, 0.15) is 30.6 Å². The van der Waals surface area contributed by atoms with Gasteiger partial charge in [0.15, 0.2) is 11.5 Å². The van der Waals surface area contributed by atoms with E-state index in [9.17, 15) is 9.18 Å². The molecule has 0 aliphatic carbocycles. The highest BCUT2D eigenvalue weighted by Crippen LogP contribution is 2.33. The van der Waals surface area contributed by atoms with Crippen molar-refractivity contribution in [3.05, 3.63) is 78.4 Å². The van der Waals surface area contributed by atoms with Crippen molar-refractivity contribution in [3.8, 4) is 22.5 Å². The SMILES string of the molecule is Cc1cc(C2COC(=O)N2c2ccn3ncc(-c4ccc(-c5ncn[nH]5)cc4)c3n2)ncc1F. The summed E-state index contributed by atoms with van der Waals surface area (Å²) >= 11 is 0. The fourth-order valence-corrected chi connectivity index (χ4v) is 3.99. The molecule has 10 nitrogen and oxygen atoms in total. The highest BCUT2D eigenvalue weighted by Gasteiger charge is 2.37. The van der Waals surface area contributed by atoms with Crippen LogP contribution in [-0.4, -0.2) is 47.5 Å². The Morgan fingerprint density at radius 3 is 2.71 bits per heavy atom. The number of fused-ring (bicyclic) bond motifs is 1. The number of H-pyrrole nitrogens is 1. The van der Waals surface area contributed by atoms with Crippen molar-refractivity contribution in [2.45, 2.75) is 13.0 Å². The van der Waals surface area contributed by atoms with Crippen LogP contribution in [0.2, 0.25) is 0 Å². The number of nitrogens with zero attached hydrogens (tertiary/aromatic N) is 7. The highest BCUT2D eigenvalue weighted by molar-refractivity contribution is 5.90. The monoisotopic (exact) mass is 456 g/mol. The Balaban J connectivity index is 1.38. The summed E-state index contributed by atoms with van der Waals surface area (Å²) in [6.07, 6.45) is 5.53. The molecule has 1 aliphatic heterocycles. The summed E-state index contributed by atoms with van der Waals surface area (Å²) in [4.78, 5) is 27.1. The minimum absolute atomic E-state index is 0.0962. The average molecular weight is 456 g/mol. The first-order valence-electron chi connectivity index (χ1n) is 10.5. The summed E-state index contributed by atoms with van der Waals surface area (Å²) in [6.45, 7) is 1.75. The van der Waals surface area contributed by atoms with Crippen LogP contribution in [0.1, 0.15) is 17.3 Å². The zero-order chi connectivity index (χ0) is 23.2. The Morgan fingerprint density at radius 2 is 1.94 bits per heavy atom. The number of aryl methyl sites for hydroxylation is 1. The largest absolute Gasteiger partial charge is 0.446 e. The van der Waals surface area contributed by atoms with Gasteiger partial charge in [-0.1, -0.05) is 24.3 Å². The van der Waals surface area contributed by atoms with Crippen LogP contribution in [0, 0.1) is 12.7 Å². The smallest absolute Gasteiger partial charge is 0.416 e. The molecule has 5 aromatic rings. The van der Waals surface area contributed by atoms with E-state index in [0.717, 1.165) is 22.9 Å². The van der Waals surface area contributed by atoms with Crippen LogP contribution in [0.25, 0.3) is 28.2 Å². The number of nitrogens with one attached hydrogen (secondary N) is 1. The van der Waals surface area contributed by atoms with Gasteiger partial charge in [-0.25, -0.2) is 28.6 Å². The number of rotatable bonds is 4. The maximum atomic E-state index is 13.7. The molecule has 0 saturated carbocycles. The molecular formula is C23H17FN8O2. The average Bonchev–Trinajstić information content (AvgIpc) is 3.60. The first-order chi connectivity index (χ1) is 16.6. The minimum Gasteiger partial charge on any atom is -0.446 e. The predicted octanol–water partition coefficient (Wildman–Crippen LogP) is 3.72. The molecule has 6 rings (SSSR count). The number of cyclic esters (lactones) is 1. The molecule has 11 heteroatoms. The van der Waals surface area contributed by atoms with Crippen molar-refractivity contribution in [1.29, 1.82) is 0 Å². The Hall–Kier alpha value is -4.67. The number of carbonyl (C=O) groups excluding carboxylic acids is 1. The lowest BCUT2D eigenvalue weighted by atomic mass is 10.1. The van der Waals surface area contributed by atoms with Crippen LogP contribution in [-0.2, 0) is 4.74 Å². The number of hydrogen-bond acceptors (Lipinski definition) is 7. The fraction of sp³-hybridized carbons (Fsp3) is 0.130. The second-order valence-electron chi connectivity index (χ2n) is 7.84. The molecule has 168 valence electrons. The van der Waals surface area contributed by atoms with Gasteiger partial charge in [-0.2, -0.15) is 10.2 Å². The number of aromatic amines is 1. The van der Waals surface area contributed by atoms with Gasteiger partial charge < -0.3 is 4.74 Å². The van der Waals surface area contributed by atoms with Crippen LogP contribution in [0.15, 0.2) is 61.3 Å². The van der Waals surface area contributed by atoms with Gasteiger partial charge in [0.25, 0.3) is 0 Å². The Kier molecular flexibility index (Phi) is 4.54. The number of aromatic nitrogens is 7. The molecule has 0 spiro atoms. The van der Waals surface area contributed by atoms with Crippen molar-refractivity contribution in [1.82, 2.24) is 34.8 Å². The number of halogens is 1. The molecule has 5 heterocycles. The van der Waals surface area contributed by atoms with Gasteiger partial charge in [0, 0.05) is 17.3 Å². The van der Waals surface area contributed by atoms with Crippen molar-refractivity contribution in [3.63, 3.8) is 0 Å². The normalized spacial score (nSPS) is 15.8. The quantitative estimate of drug-likeness (QED) is 0.438. The van der Waals surface area contributed by atoms with Crippen LogP contribution in [0.5, 0.6) is 0 Å². The standard InChI is InChI=1S/C23H17FN8O2/c1-13-8-18(25-10-17(13)24)19-11-34-23(33)32(19)20-6-7-31-22(29-20)16(9-28-31)14-2-4-15(5-3-14)21-26-12-27-30-21/h2-10,12,19H,11H2,1H3,(H,26,27,30). The van der Waals surface area contributed by atoms with Crippen molar-refractivity contribution < 1.29 is 13.9 Å². The van der Waals surface area contributed by atoms with Crippen LogP contribution < -0.4 is 4.90 Å². The van der Waals surface area contributed by atoms with E-state index in [-0.39, 0.29) is 6.61 Å². The number of anilines is 1. The molecule has 34 heavy (non-hydrogen) atoms. The van der Waals surface area contributed by atoms with E-state index in [1.165, 1.54) is 11.2 Å². The fourth-order valence-electron chi connectivity index (χ4n) is 3.99. The molecule has 1 aromatic carbocycles. The first-order valence-corrected chi connectivity index (χ1v) is 10.5. The van der Waals surface area contributed by atoms with Crippen LogP contribution in [0.4, 0.5) is 15.0 Å². The summed E-state index contributed by atoms with van der Waals surface area (Å²) in [7, 11) is 0. The Bertz CT molecular complexity index is 1510. The number of pyridine rings is 1. The van der Waals surface area contributed by atoms with E-state index in [1.54, 1.807) is 36.0 Å². The Morgan fingerprint density at radius 1 is 1.12 bits per heavy atom. The molecule has 0 bridgehead atoms. The van der Waals surface area contributed by atoms with Gasteiger partial charge in [0.05, 0.1) is 18.1 Å². The molecule has 1 amide bonds. The van der Waals surface area contributed by atoms with Crippen molar-refractivity contribution in [2.24, 2.45) is 0 Å². The third-order valence-electron chi connectivity index (χ3n) is 5.77. The number of benzene rings is 1. The van der Waals surface area contributed by atoms with Crippen LogP contribution >= 0.6 is 0 Å². The highest BCUT2D eigenvalue weighted by atomic mass is 19.1. The van der Waals surface area contributed by atoms with Gasteiger partial charge in [-0.05, 0) is 30.2 Å². The third-order valence-corrected chi connectivity index (χ3v) is 5.77. The molecule has 1 aliphatic rings.